The fourth-order valence-corrected chi connectivity index (χ4v) is 3.63. The molecule has 1 aromatic carbocycles. The largest absolute Gasteiger partial charge is 0.361 e. The number of halogens is 1. The summed E-state index contributed by atoms with van der Waals surface area (Å²) in [4.78, 5) is 26.4. The molecule has 1 N–H and O–H groups in total. The molecule has 1 aliphatic heterocycles. The van der Waals surface area contributed by atoms with Gasteiger partial charge in [0.25, 0.3) is 0 Å². The van der Waals surface area contributed by atoms with Crippen LogP contribution in [-0.4, -0.2) is 23.5 Å². The van der Waals surface area contributed by atoms with Gasteiger partial charge in [0.05, 0.1) is 22.8 Å². The summed E-state index contributed by atoms with van der Waals surface area (Å²) in [7, 11) is 0. The number of aryl methyl sites for hydroxylation is 2. The van der Waals surface area contributed by atoms with Crippen molar-refractivity contribution in [1.29, 1.82) is 0 Å². The summed E-state index contributed by atoms with van der Waals surface area (Å²) in [5.41, 5.74) is 1.04. The zero-order valence-corrected chi connectivity index (χ0v) is 15.3. The summed E-state index contributed by atoms with van der Waals surface area (Å²) in [5, 5.41) is 6.91. The van der Waals surface area contributed by atoms with Gasteiger partial charge >= 0.3 is 0 Å². The molecule has 0 radical (unpaired) electrons. The van der Waals surface area contributed by atoms with Crippen LogP contribution in [0.25, 0.3) is 0 Å². The van der Waals surface area contributed by atoms with Crippen molar-refractivity contribution in [1.82, 2.24) is 10.5 Å². The molecule has 1 aliphatic rings. The molecule has 2 heterocycles. The van der Waals surface area contributed by atoms with Crippen molar-refractivity contribution in [2.75, 3.05) is 11.4 Å². The van der Waals surface area contributed by atoms with Gasteiger partial charge in [-0.15, -0.1) is 0 Å². The third kappa shape index (κ3) is 3.21. The quantitative estimate of drug-likeness (QED) is 0.911. The highest BCUT2D eigenvalue weighted by Gasteiger charge is 2.39. The number of anilines is 1. The van der Waals surface area contributed by atoms with Gasteiger partial charge in [0, 0.05) is 18.5 Å². The molecule has 1 saturated heterocycles. The van der Waals surface area contributed by atoms with Gasteiger partial charge in [-0.25, -0.2) is 4.39 Å². The number of aromatic nitrogens is 1. The lowest BCUT2D eigenvalue weighted by molar-refractivity contribution is -0.127. The van der Waals surface area contributed by atoms with E-state index < -0.39 is 17.3 Å². The van der Waals surface area contributed by atoms with E-state index >= 15 is 0 Å². The Morgan fingerprint density at radius 3 is 2.65 bits per heavy atom. The van der Waals surface area contributed by atoms with Gasteiger partial charge in [-0.2, -0.15) is 0 Å². The predicted octanol–water partition coefficient (Wildman–Crippen LogP) is 2.83. The highest BCUT2D eigenvalue weighted by atomic mass is 19.1. The predicted molar refractivity (Wildman–Crippen MR) is 94.0 cm³/mol. The lowest BCUT2D eigenvalue weighted by Crippen LogP contribution is -2.45. The second-order valence-electron chi connectivity index (χ2n) is 7.17. The number of hydrogen-bond acceptors (Lipinski definition) is 4. The number of para-hydroxylation sites is 1. The Morgan fingerprint density at radius 1 is 1.35 bits per heavy atom. The minimum atomic E-state index is -0.695. The fraction of sp³-hybridized carbons (Fsp3) is 0.421. The van der Waals surface area contributed by atoms with Gasteiger partial charge in [0.1, 0.15) is 11.6 Å². The Morgan fingerprint density at radius 2 is 2.04 bits per heavy atom. The van der Waals surface area contributed by atoms with Gasteiger partial charge in [-0.1, -0.05) is 17.3 Å². The first-order valence-electron chi connectivity index (χ1n) is 8.51. The molecule has 0 aliphatic carbocycles. The number of rotatable bonds is 4. The fourth-order valence-electron chi connectivity index (χ4n) is 3.63. The van der Waals surface area contributed by atoms with Crippen molar-refractivity contribution < 1.29 is 18.5 Å². The lowest BCUT2D eigenvalue weighted by atomic mass is 9.91. The minimum Gasteiger partial charge on any atom is -0.361 e. The summed E-state index contributed by atoms with van der Waals surface area (Å²) in [5.74, 6) is -0.879. The van der Waals surface area contributed by atoms with E-state index in [-0.39, 0.29) is 30.5 Å². The van der Waals surface area contributed by atoms with Gasteiger partial charge in [0.15, 0.2) is 0 Å². The first-order valence-corrected chi connectivity index (χ1v) is 8.51. The normalized spacial score (nSPS) is 17.7. The van der Waals surface area contributed by atoms with Gasteiger partial charge in [0.2, 0.25) is 11.8 Å². The number of carbonyl (C=O) groups is 2. The smallest absolute Gasteiger partial charge is 0.227 e. The zero-order chi connectivity index (χ0) is 19.1. The van der Waals surface area contributed by atoms with Crippen LogP contribution in [-0.2, 0) is 15.1 Å². The van der Waals surface area contributed by atoms with E-state index in [1.807, 2.05) is 20.8 Å². The maximum Gasteiger partial charge on any atom is 0.227 e. The molecule has 1 fully saturated rings. The Kier molecular flexibility index (Phi) is 4.56. The second-order valence-corrected chi connectivity index (χ2v) is 7.17. The Labute approximate surface area is 151 Å². The van der Waals surface area contributed by atoms with Crippen LogP contribution < -0.4 is 10.2 Å². The van der Waals surface area contributed by atoms with Gasteiger partial charge in [-0.05, 0) is 39.8 Å². The van der Waals surface area contributed by atoms with Crippen LogP contribution in [0.4, 0.5) is 10.1 Å². The molecule has 1 unspecified atom stereocenters. The maximum atomic E-state index is 14.0. The van der Waals surface area contributed by atoms with Gasteiger partial charge < -0.3 is 14.7 Å². The monoisotopic (exact) mass is 359 g/mol. The average Bonchev–Trinajstić information content (AvgIpc) is 3.10. The molecule has 0 spiro atoms. The summed E-state index contributed by atoms with van der Waals surface area (Å²) in [6.07, 6.45) is 0.0534. The molecule has 3 rings (SSSR count). The van der Waals surface area contributed by atoms with Crippen LogP contribution in [0.5, 0.6) is 0 Å². The summed E-state index contributed by atoms with van der Waals surface area (Å²) in [6, 6.07) is 6.08. The maximum absolute atomic E-state index is 14.0. The van der Waals surface area contributed by atoms with E-state index in [0.717, 1.165) is 5.56 Å². The third-order valence-corrected chi connectivity index (χ3v) is 4.73. The van der Waals surface area contributed by atoms with Crippen LogP contribution in [0.2, 0.25) is 0 Å². The molecule has 138 valence electrons. The van der Waals surface area contributed by atoms with E-state index in [9.17, 15) is 14.0 Å². The van der Waals surface area contributed by atoms with Crippen molar-refractivity contribution in [2.45, 2.75) is 39.7 Å². The van der Waals surface area contributed by atoms with E-state index in [2.05, 4.69) is 10.5 Å². The first-order chi connectivity index (χ1) is 12.2. The zero-order valence-electron chi connectivity index (χ0n) is 15.3. The number of nitrogens with one attached hydrogen (secondary N) is 1. The van der Waals surface area contributed by atoms with Crippen LogP contribution in [0, 0.1) is 25.6 Å². The van der Waals surface area contributed by atoms with Crippen LogP contribution in [0.3, 0.4) is 0 Å². The molecular weight excluding hydrogens is 337 g/mol. The SMILES string of the molecule is Cc1noc(C)c1C(C)(C)NC(=O)C1CC(=O)N(c2ccccc2F)C1. The summed E-state index contributed by atoms with van der Waals surface area (Å²) >= 11 is 0. The van der Waals surface area contributed by atoms with Crippen molar-refractivity contribution >= 4 is 17.5 Å². The van der Waals surface area contributed by atoms with E-state index in [1.165, 1.54) is 11.0 Å². The number of carbonyl (C=O) groups excluding carboxylic acids is 2. The van der Waals surface area contributed by atoms with Crippen molar-refractivity contribution in [3.8, 4) is 0 Å². The molecule has 0 saturated carbocycles. The molecule has 0 bridgehead atoms. The van der Waals surface area contributed by atoms with Gasteiger partial charge in [-0.3, -0.25) is 9.59 Å². The first kappa shape index (κ1) is 18.1. The summed E-state index contributed by atoms with van der Waals surface area (Å²) < 4.78 is 19.2. The van der Waals surface area contributed by atoms with Crippen molar-refractivity contribution in [3.05, 3.63) is 47.1 Å². The van der Waals surface area contributed by atoms with E-state index in [0.29, 0.717) is 11.5 Å². The van der Waals surface area contributed by atoms with Crippen LogP contribution in [0.15, 0.2) is 28.8 Å². The minimum absolute atomic E-state index is 0.0534. The highest BCUT2D eigenvalue weighted by Crippen LogP contribution is 2.30. The Balaban J connectivity index is 1.75. The molecule has 6 nitrogen and oxygen atoms in total. The number of benzene rings is 1. The Hall–Kier alpha value is -2.70. The molecule has 1 aromatic heterocycles. The van der Waals surface area contributed by atoms with Crippen molar-refractivity contribution in [2.24, 2.45) is 5.92 Å². The third-order valence-electron chi connectivity index (χ3n) is 4.73. The molecular formula is C19H22FN3O3. The molecule has 26 heavy (non-hydrogen) atoms. The number of nitrogens with zero attached hydrogens (tertiary/aromatic N) is 2. The second kappa shape index (κ2) is 6.55. The van der Waals surface area contributed by atoms with Crippen LogP contribution in [0.1, 0.15) is 37.3 Å². The number of hydrogen-bond donors (Lipinski definition) is 1. The molecule has 1 atom stereocenters. The number of amides is 2. The van der Waals surface area contributed by atoms with E-state index in [1.54, 1.807) is 25.1 Å². The Bertz CT molecular complexity index is 840. The molecule has 2 aromatic rings. The van der Waals surface area contributed by atoms with Crippen molar-refractivity contribution in [3.63, 3.8) is 0 Å². The summed E-state index contributed by atoms with van der Waals surface area (Å²) in [6.45, 7) is 7.50. The van der Waals surface area contributed by atoms with E-state index in [4.69, 9.17) is 4.52 Å². The highest BCUT2D eigenvalue weighted by molar-refractivity contribution is 6.00. The topological polar surface area (TPSA) is 75.4 Å². The average molecular weight is 359 g/mol. The lowest BCUT2D eigenvalue weighted by Gasteiger charge is -2.28. The van der Waals surface area contributed by atoms with Crippen LogP contribution >= 0.6 is 0 Å². The standard InChI is InChI=1S/C19H22FN3O3/c1-11-17(12(2)26-22-11)19(3,4)21-18(25)13-9-16(24)23(10-13)15-8-6-5-7-14(15)20/h5-8,13H,9-10H2,1-4H3,(H,21,25). The molecule has 7 heteroatoms. The molecule has 2 amide bonds.